The maximum Gasteiger partial charge on any atom is 0.295 e. The van der Waals surface area contributed by atoms with E-state index >= 15 is 0 Å². The Morgan fingerprint density at radius 1 is 0.914 bits per heavy atom. The Morgan fingerprint density at radius 3 is 2.11 bits per heavy atom. The highest BCUT2D eigenvalue weighted by Crippen LogP contribution is 2.39. The van der Waals surface area contributed by atoms with Crippen molar-refractivity contribution in [3.63, 3.8) is 0 Å². The third-order valence-electron chi connectivity index (χ3n) is 4.33. The Labute approximate surface area is 205 Å². The largest absolute Gasteiger partial charge is 0.295 e. The van der Waals surface area contributed by atoms with Gasteiger partial charge in [-0.3, -0.25) is 14.1 Å². The van der Waals surface area contributed by atoms with E-state index < -0.39 is 30.0 Å². The van der Waals surface area contributed by atoms with E-state index in [0.717, 1.165) is 6.07 Å². The summed E-state index contributed by atoms with van der Waals surface area (Å²) in [4.78, 5) is 2.39. The molecular weight excluding hydrogens is 522 g/mol. The molecule has 3 aromatic carbocycles. The van der Waals surface area contributed by atoms with Gasteiger partial charge in [-0.2, -0.15) is 21.9 Å². The SMILES string of the molecule is C=Nc1ccc(N=Nc2cc3c(S(=O)(=O)O)cc(S(=O)(=O)O)cc3cc2SOOO)c(C)c1.CC. The molecule has 0 fully saturated rings. The summed E-state index contributed by atoms with van der Waals surface area (Å²) in [5.74, 6) is 0. The van der Waals surface area contributed by atoms with E-state index in [1.807, 2.05) is 13.8 Å². The molecule has 0 radical (unpaired) electrons. The highest BCUT2D eigenvalue weighted by Gasteiger charge is 2.22. The van der Waals surface area contributed by atoms with E-state index in [1.54, 1.807) is 25.1 Å². The Kier molecular flexibility index (Phi) is 9.59. The molecule has 15 heteroatoms. The summed E-state index contributed by atoms with van der Waals surface area (Å²) in [5, 5.41) is 20.1. The van der Waals surface area contributed by atoms with Crippen molar-refractivity contribution >= 4 is 66.8 Å². The Bertz CT molecular complexity index is 1490. The predicted molar refractivity (Wildman–Crippen MR) is 130 cm³/mol. The molecule has 0 spiro atoms. The van der Waals surface area contributed by atoms with Gasteiger partial charge in [0.1, 0.15) is 10.6 Å². The van der Waals surface area contributed by atoms with Crippen LogP contribution in [0.15, 0.2) is 72.4 Å². The third kappa shape index (κ3) is 7.12. The van der Waals surface area contributed by atoms with E-state index in [2.05, 4.69) is 31.3 Å². The predicted octanol–water partition coefficient (Wildman–Crippen LogP) is 5.84. The number of aliphatic imine (C=N–C) groups is 1. The van der Waals surface area contributed by atoms with E-state index in [4.69, 9.17) is 5.26 Å². The lowest BCUT2D eigenvalue weighted by molar-refractivity contribution is -0.432. The standard InChI is InChI=1S/C18H15N3O9S3.C2H6/c1-10-5-12(19-2)3-4-15(10)20-21-16-9-14-11(7-17(16)31-30-29-22)6-13(32(23,24)25)8-18(14)33(26,27)28;1-2/h3-9,22H,2H2,1H3,(H,23,24,25)(H,26,27,28);1-2H3. The number of nitrogens with zero attached hydrogens (tertiary/aromatic N) is 3. The van der Waals surface area contributed by atoms with Gasteiger partial charge in [0.25, 0.3) is 20.2 Å². The van der Waals surface area contributed by atoms with Gasteiger partial charge in [-0.1, -0.05) is 18.9 Å². The molecule has 35 heavy (non-hydrogen) atoms. The Morgan fingerprint density at radius 2 is 1.57 bits per heavy atom. The lowest BCUT2D eigenvalue weighted by Crippen LogP contribution is -2.04. The van der Waals surface area contributed by atoms with Gasteiger partial charge in [0.05, 0.1) is 33.2 Å². The second kappa shape index (κ2) is 11.8. The second-order valence-electron chi connectivity index (χ2n) is 6.47. The molecule has 0 amide bonds. The van der Waals surface area contributed by atoms with Crippen LogP contribution in [0.25, 0.3) is 10.8 Å². The number of benzene rings is 3. The zero-order chi connectivity index (χ0) is 26.4. The first-order chi connectivity index (χ1) is 16.4. The van der Waals surface area contributed by atoms with Crippen LogP contribution in [0.5, 0.6) is 0 Å². The van der Waals surface area contributed by atoms with Crippen molar-refractivity contribution in [3.05, 3.63) is 48.0 Å². The van der Waals surface area contributed by atoms with Gasteiger partial charge in [0.2, 0.25) is 0 Å². The van der Waals surface area contributed by atoms with E-state index in [9.17, 15) is 25.9 Å². The minimum atomic E-state index is -4.91. The smallest absolute Gasteiger partial charge is 0.282 e. The number of hydrogen-bond donors (Lipinski definition) is 3. The monoisotopic (exact) mass is 543 g/mol. The minimum absolute atomic E-state index is 0.0154. The summed E-state index contributed by atoms with van der Waals surface area (Å²) in [6, 6.07) is 9.04. The Balaban J connectivity index is 0.00000210. The molecule has 12 nitrogen and oxygen atoms in total. The number of rotatable bonds is 8. The molecule has 0 aliphatic heterocycles. The first-order valence-corrected chi connectivity index (χ1v) is 13.3. The molecule has 0 aromatic heterocycles. The molecule has 0 bridgehead atoms. The van der Waals surface area contributed by atoms with Crippen LogP contribution in [-0.2, 0) is 29.6 Å². The maximum atomic E-state index is 11.9. The molecule has 0 saturated carbocycles. The summed E-state index contributed by atoms with van der Waals surface area (Å²) in [6.07, 6.45) is 0. The van der Waals surface area contributed by atoms with E-state index in [1.165, 1.54) is 12.1 Å². The van der Waals surface area contributed by atoms with Crippen LogP contribution >= 0.6 is 12.0 Å². The first-order valence-electron chi connectivity index (χ1n) is 9.64. The zero-order valence-electron chi connectivity index (χ0n) is 18.6. The fourth-order valence-corrected chi connectivity index (χ4v) is 4.65. The van der Waals surface area contributed by atoms with Crippen LogP contribution in [-0.4, -0.2) is 37.9 Å². The Hall–Kier alpha value is -2.76. The number of aryl methyl sites for hydroxylation is 1. The summed E-state index contributed by atoms with van der Waals surface area (Å²) in [7, 11) is -9.71. The van der Waals surface area contributed by atoms with Gasteiger partial charge >= 0.3 is 0 Å². The van der Waals surface area contributed by atoms with Crippen molar-refractivity contribution in [1.29, 1.82) is 0 Å². The van der Waals surface area contributed by atoms with Crippen LogP contribution in [0.1, 0.15) is 19.4 Å². The van der Waals surface area contributed by atoms with Gasteiger partial charge in [-0.25, -0.2) is 5.26 Å². The summed E-state index contributed by atoms with van der Waals surface area (Å²) in [5.41, 5.74) is 1.81. The van der Waals surface area contributed by atoms with E-state index in [0.29, 0.717) is 35.0 Å². The van der Waals surface area contributed by atoms with Crippen LogP contribution in [0, 0.1) is 6.92 Å². The van der Waals surface area contributed by atoms with Gasteiger partial charge in [-0.05, 0) is 67.1 Å². The van der Waals surface area contributed by atoms with E-state index in [-0.39, 0.29) is 21.4 Å². The molecule has 0 aliphatic rings. The van der Waals surface area contributed by atoms with Gasteiger partial charge in [0, 0.05) is 5.39 Å². The molecule has 0 atom stereocenters. The van der Waals surface area contributed by atoms with Crippen molar-refractivity contribution < 1.29 is 40.6 Å². The van der Waals surface area contributed by atoms with Gasteiger partial charge in [-0.15, -0.1) is 9.45 Å². The first kappa shape index (κ1) is 28.5. The van der Waals surface area contributed by atoms with Crippen molar-refractivity contribution in [2.24, 2.45) is 15.2 Å². The van der Waals surface area contributed by atoms with Crippen LogP contribution < -0.4 is 0 Å². The summed E-state index contributed by atoms with van der Waals surface area (Å²) < 4.78 is 70.3. The van der Waals surface area contributed by atoms with Gasteiger partial charge < -0.3 is 0 Å². The number of azo groups is 1. The molecule has 188 valence electrons. The lowest BCUT2D eigenvalue weighted by atomic mass is 10.1. The molecule has 0 unspecified atom stereocenters. The fourth-order valence-electron chi connectivity index (χ4n) is 2.84. The van der Waals surface area contributed by atoms with Crippen molar-refractivity contribution in [3.8, 4) is 0 Å². The number of hydrogen-bond acceptors (Lipinski definition) is 11. The van der Waals surface area contributed by atoms with Crippen LogP contribution in [0.2, 0.25) is 0 Å². The minimum Gasteiger partial charge on any atom is -0.282 e. The average molecular weight is 544 g/mol. The molecule has 0 saturated heterocycles. The molecular formula is C20H21N3O9S3. The van der Waals surface area contributed by atoms with Gasteiger partial charge in [0.15, 0.2) is 0 Å². The van der Waals surface area contributed by atoms with Crippen LogP contribution in [0.4, 0.5) is 17.1 Å². The van der Waals surface area contributed by atoms with Crippen molar-refractivity contribution in [2.45, 2.75) is 35.5 Å². The molecule has 3 rings (SSSR count). The topological polar surface area (TPSA) is 185 Å². The van der Waals surface area contributed by atoms with Crippen molar-refractivity contribution in [2.75, 3.05) is 0 Å². The third-order valence-corrected chi connectivity index (χ3v) is 6.69. The average Bonchev–Trinajstić information content (AvgIpc) is 2.80. The zero-order valence-corrected chi connectivity index (χ0v) is 21.1. The maximum absolute atomic E-state index is 11.9. The molecule has 0 aliphatic carbocycles. The highest BCUT2D eigenvalue weighted by atomic mass is 32.2. The fraction of sp³-hybridized carbons (Fsp3) is 0.150. The quantitative estimate of drug-likeness (QED) is 0.0778. The number of fused-ring (bicyclic) bond motifs is 1. The lowest BCUT2D eigenvalue weighted by Gasteiger charge is -2.10. The van der Waals surface area contributed by atoms with Crippen molar-refractivity contribution in [1.82, 2.24) is 0 Å². The normalized spacial score (nSPS) is 11.9. The molecule has 0 heterocycles. The second-order valence-corrected chi connectivity index (χ2v) is 10.0. The summed E-state index contributed by atoms with van der Waals surface area (Å²) >= 11 is 0.461. The van der Waals surface area contributed by atoms with Crippen LogP contribution in [0.3, 0.4) is 0 Å². The molecule has 3 aromatic rings. The highest BCUT2D eigenvalue weighted by molar-refractivity contribution is 7.94. The molecule has 3 N–H and O–H groups in total. The summed E-state index contributed by atoms with van der Waals surface area (Å²) in [6.45, 7) is 9.20.